The minimum Gasteiger partial charge on any atom is -0.462 e. The topological polar surface area (TPSA) is 43.4 Å². The number of Topliss-reactive ketones (excluding diaryl/α,β-unsaturated/α-hetero) is 1. The Hall–Kier alpha value is -0.860. The van der Waals surface area contributed by atoms with Gasteiger partial charge in [-0.05, 0) is 31.6 Å². The lowest BCUT2D eigenvalue weighted by Gasteiger charge is -2.28. The predicted molar refractivity (Wildman–Crippen MR) is 59.8 cm³/mol. The third-order valence-corrected chi connectivity index (χ3v) is 4.13. The van der Waals surface area contributed by atoms with E-state index in [-0.39, 0.29) is 23.9 Å². The van der Waals surface area contributed by atoms with Gasteiger partial charge in [0.1, 0.15) is 11.9 Å². The Labute approximate surface area is 96.5 Å². The summed E-state index contributed by atoms with van der Waals surface area (Å²) in [5.74, 6) is 1.12. The van der Waals surface area contributed by atoms with Crippen LogP contribution in [0.15, 0.2) is 0 Å². The first kappa shape index (κ1) is 11.6. The van der Waals surface area contributed by atoms with Gasteiger partial charge in [-0.2, -0.15) is 0 Å². The Morgan fingerprint density at radius 3 is 2.75 bits per heavy atom. The predicted octanol–water partition coefficient (Wildman–Crippen LogP) is 2.33. The van der Waals surface area contributed by atoms with Gasteiger partial charge in [0.2, 0.25) is 0 Å². The molecule has 0 aliphatic heterocycles. The molecule has 0 aromatic carbocycles. The maximum absolute atomic E-state index is 11.9. The van der Waals surface area contributed by atoms with Gasteiger partial charge in [0, 0.05) is 25.2 Å². The summed E-state index contributed by atoms with van der Waals surface area (Å²) in [6.45, 7) is 3.64. The molecule has 0 N–H and O–H groups in total. The molecule has 90 valence electrons. The monoisotopic (exact) mass is 224 g/mol. The minimum absolute atomic E-state index is 0.0218. The van der Waals surface area contributed by atoms with Gasteiger partial charge < -0.3 is 4.74 Å². The van der Waals surface area contributed by atoms with E-state index in [9.17, 15) is 9.59 Å². The van der Waals surface area contributed by atoms with E-state index in [2.05, 4.69) is 6.92 Å². The molecule has 3 heteroatoms. The molecule has 2 rings (SSSR count). The third-order valence-electron chi connectivity index (χ3n) is 4.13. The highest BCUT2D eigenvalue weighted by Gasteiger charge is 2.44. The molecule has 2 fully saturated rings. The second-order valence-electron chi connectivity index (χ2n) is 5.24. The van der Waals surface area contributed by atoms with E-state index in [1.54, 1.807) is 0 Å². The van der Waals surface area contributed by atoms with Crippen LogP contribution in [0.2, 0.25) is 0 Å². The largest absolute Gasteiger partial charge is 0.462 e. The average Bonchev–Trinajstić information content (AvgIpc) is 2.50. The van der Waals surface area contributed by atoms with Crippen LogP contribution in [-0.2, 0) is 14.3 Å². The number of hydrogen-bond acceptors (Lipinski definition) is 3. The van der Waals surface area contributed by atoms with Gasteiger partial charge in [-0.25, -0.2) is 0 Å². The van der Waals surface area contributed by atoms with E-state index in [0.717, 1.165) is 25.7 Å². The zero-order chi connectivity index (χ0) is 11.7. The highest BCUT2D eigenvalue weighted by atomic mass is 16.5. The maximum atomic E-state index is 11.9. The quantitative estimate of drug-likeness (QED) is 0.642. The van der Waals surface area contributed by atoms with Crippen LogP contribution in [0.4, 0.5) is 0 Å². The second kappa shape index (κ2) is 4.56. The van der Waals surface area contributed by atoms with Crippen LogP contribution < -0.4 is 0 Å². The van der Waals surface area contributed by atoms with Crippen LogP contribution in [0.5, 0.6) is 0 Å². The Balaban J connectivity index is 2.17. The van der Waals surface area contributed by atoms with Crippen molar-refractivity contribution in [3.63, 3.8) is 0 Å². The number of carbonyl (C=O) groups is 2. The van der Waals surface area contributed by atoms with Crippen LogP contribution in [0.1, 0.15) is 46.0 Å². The van der Waals surface area contributed by atoms with Gasteiger partial charge in [0.05, 0.1) is 0 Å². The van der Waals surface area contributed by atoms with Crippen molar-refractivity contribution in [2.75, 3.05) is 0 Å². The summed E-state index contributed by atoms with van der Waals surface area (Å²) in [6, 6.07) is 0. The molecule has 4 atom stereocenters. The standard InChI is InChI=1S/C13H20O3/c1-8-6-7-10-11(15)4-3-5-12(13(8)10)16-9(2)14/h8,10,12-13H,3-7H2,1-2H3/t8-,10-,12+,13-/m0/s1. The van der Waals surface area contributed by atoms with Crippen LogP contribution >= 0.6 is 0 Å². The van der Waals surface area contributed by atoms with E-state index >= 15 is 0 Å². The fourth-order valence-electron chi connectivity index (χ4n) is 3.43. The molecule has 3 nitrogen and oxygen atoms in total. The van der Waals surface area contributed by atoms with Crippen LogP contribution in [0.3, 0.4) is 0 Å². The van der Waals surface area contributed by atoms with Gasteiger partial charge in [-0.15, -0.1) is 0 Å². The van der Waals surface area contributed by atoms with Gasteiger partial charge in [-0.1, -0.05) is 6.92 Å². The van der Waals surface area contributed by atoms with Gasteiger partial charge in [0.15, 0.2) is 0 Å². The molecule has 2 aliphatic rings. The van der Waals surface area contributed by atoms with E-state index < -0.39 is 0 Å². The zero-order valence-electron chi connectivity index (χ0n) is 10.1. The third kappa shape index (κ3) is 2.13. The molecule has 2 aliphatic carbocycles. The number of hydrogen-bond donors (Lipinski definition) is 0. The molecule has 0 saturated heterocycles. The summed E-state index contributed by atoms with van der Waals surface area (Å²) in [7, 11) is 0. The highest BCUT2D eigenvalue weighted by Crippen LogP contribution is 2.44. The number of ketones is 1. The molecular formula is C13H20O3. The number of ether oxygens (including phenoxy) is 1. The van der Waals surface area contributed by atoms with Crippen molar-refractivity contribution in [3.8, 4) is 0 Å². The molecular weight excluding hydrogens is 204 g/mol. The van der Waals surface area contributed by atoms with Crippen molar-refractivity contribution < 1.29 is 14.3 Å². The number of esters is 1. The van der Waals surface area contributed by atoms with E-state index in [4.69, 9.17) is 4.74 Å². The summed E-state index contributed by atoms with van der Waals surface area (Å²) < 4.78 is 5.41. The minimum atomic E-state index is -0.211. The molecule has 0 aromatic rings. The van der Waals surface area contributed by atoms with Gasteiger partial charge in [0.25, 0.3) is 0 Å². The zero-order valence-corrected chi connectivity index (χ0v) is 10.1. The van der Waals surface area contributed by atoms with Crippen molar-refractivity contribution in [2.24, 2.45) is 17.8 Å². The summed E-state index contributed by atoms with van der Waals surface area (Å²) in [5, 5.41) is 0. The molecule has 0 aromatic heterocycles. The van der Waals surface area contributed by atoms with Crippen molar-refractivity contribution in [3.05, 3.63) is 0 Å². The number of carbonyl (C=O) groups excluding carboxylic acids is 2. The lowest BCUT2D eigenvalue weighted by atomic mass is 9.84. The van der Waals surface area contributed by atoms with Crippen LogP contribution in [0.25, 0.3) is 0 Å². The van der Waals surface area contributed by atoms with Crippen LogP contribution in [-0.4, -0.2) is 17.9 Å². The Bertz CT molecular complexity index is 298. The van der Waals surface area contributed by atoms with Crippen molar-refractivity contribution in [1.82, 2.24) is 0 Å². The van der Waals surface area contributed by atoms with Crippen molar-refractivity contribution in [1.29, 1.82) is 0 Å². The molecule has 0 heterocycles. The lowest BCUT2D eigenvalue weighted by Crippen LogP contribution is -2.32. The first-order chi connectivity index (χ1) is 7.59. The first-order valence-electron chi connectivity index (χ1n) is 6.29. The van der Waals surface area contributed by atoms with E-state index in [1.165, 1.54) is 6.92 Å². The molecule has 0 bridgehead atoms. The van der Waals surface area contributed by atoms with Gasteiger partial charge in [-0.3, -0.25) is 9.59 Å². The lowest BCUT2D eigenvalue weighted by molar-refractivity contribution is -0.151. The molecule has 0 spiro atoms. The number of fused-ring (bicyclic) bond motifs is 1. The molecule has 16 heavy (non-hydrogen) atoms. The van der Waals surface area contributed by atoms with E-state index in [0.29, 0.717) is 18.1 Å². The van der Waals surface area contributed by atoms with Crippen molar-refractivity contribution in [2.45, 2.75) is 52.1 Å². The summed E-state index contributed by atoms with van der Waals surface area (Å²) in [5.41, 5.74) is 0. The maximum Gasteiger partial charge on any atom is 0.302 e. The molecule has 0 radical (unpaired) electrons. The summed E-state index contributed by atoms with van der Waals surface area (Å²) in [6.07, 6.45) is 4.46. The Morgan fingerprint density at radius 2 is 2.06 bits per heavy atom. The SMILES string of the molecule is CC(=O)O[C@@H]1CCCC(=O)[C@@H]2CC[C@H](C)[C@H]12. The highest BCUT2D eigenvalue weighted by molar-refractivity contribution is 5.82. The Morgan fingerprint density at radius 1 is 1.31 bits per heavy atom. The normalized spacial score (nSPS) is 39.0. The summed E-state index contributed by atoms with van der Waals surface area (Å²) >= 11 is 0. The van der Waals surface area contributed by atoms with Gasteiger partial charge >= 0.3 is 5.97 Å². The molecule has 0 amide bonds. The van der Waals surface area contributed by atoms with Crippen LogP contribution in [0, 0.1) is 17.8 Å². The number of rotatable bonds is 1. The summed E-state index contributed by atoms with van der Waals surface area (Å²) in [4.78, 5) is 23.0. The first-order valence-corrected chi connectivity index (χ1v) is 6.29. The van der Waals surface area contributed by atoms with E-state index in [1.807, 2.05) is 0 Å². The average molecular weight is 224 g/mol. The molecule has 0 unspecified atom stereocenters. The fraction of sp³-hybridized carbons (Fsp3) is 0.846. The Kier molecular flexibility index (Phi) is 3.31. The fourth-order valence-corrected chi connectivity index (χ4v) is 3.43. The smallest absolute Gasteiger partial charge is 0.302 e. The molecule has 2 saturated carbocycles. The second-order valence-corrected chi connectivity index (χ2v) is 5.24. The van der Waals surface area contributed by atoms with Crippen molar-refractivity contribution >= 4 is 11.8 Å².